The van der Waals surface area contributed by atoms with Crippen molar-refractivity contribution in [3.05, 3.63) is 181 Å². The minimum Gasteiger partial charge on any atom is -1.00 e. The number of nitrogens with zero attached hydrogens (tertiary/aromatic N) is 5. The van der Waals surface area contributed by atoms with Gasteiger partial charge in [-0.3, -0.25) is 47.9 Å². The molecule has 49 heteroatoms. The Kier molecular flexibility index (Phi) is 43.2. The van der Waals surface area contributed by atoms with Crippen LogP contribution in [0.4, 0.5) is 31.1 Å². The molecule has 0 aliphatic carbocycles. The standard InChI is InChI=1S/C21H20F3N3O5.C20H18F3N3O5.C14H16N2O6.C10H20N2O3.C10H10O7.CH2O3.CH4.2BrH.Mg.Na/c1-26-16-9-32-4-3-15(16)27-8-12(18(28)19(31-2)17(27)21(26)30)20(29)25-7-11-13(23)5-10(22)6-14(11)24;1-25-15-8-31-3-2-14(15)26-7-11(17(27)18(28)16(26)20(25)30)19(29)24-6-10-12(22)4-9(21)5-13(10)23;1-20-12-10-13(18)15-8-6-22-4-3-9(8)16(10)5-7(11(12)17)14(19)21-2;1-10(2,3)15-9(13)12-8-6-14-5-4-7(8)11;1-14-7-6(11)5(9(12)15-2)4-17-8(7)10(13)16-3;2-1-4-3;;;;;/h5-6,8,15-16H,3-4,7,9H2,1-2H3,(H,25,29);4-5,7,14-15,28H,2-3,6,8H2,1H3,(H,24,29);5,8-9H,3-4,6H2,1-2H3,(H,15,18);7-8H,4-6,11H2,1-3H3,(H,12,13);4H,1-3H3;1,3H;1H4;2*1H;;/q;;;;;;;;;+2;+1/p-3/t15-,16+;14-,15+;8-,9+;7-,8?;;;;;;;/m1101......./s1. The maximum absolute atomic E-state index is 13.9. The molecule has 2 aromatic carbocycles. The Hall–Kier alpha value is -9.99. The van der Waals surface area contributed by atoms with Crippen LogP contribution in [0.2, 0.25) is 0 Å². The summed E-state index contributed by atoms with van der Waals surface area (Å²) in [6.45, 7) is 7.45. The third-order valence-electron chi connectivity index (χ3n) is 19.6. The molecule has 1 unspecified atom stereocenters. The van der Waals surface area contributed by atoms with Gasteiger partial charge in [-0.05, 0) is 46.5 Å². The van der Waals surface area contributed by atoms with Crippen molar-refractivity contribution >= 4 is 83.1 Å². The van der Waals surface area contributed by atoms with Gasteiger partial charge in [-0.1, -0.05) is 7.43 Å². The number of nitrogens with two attached hydrogens (primary N) is 1. The number of benzene rings is 2. The number of rotatable bonds is 14. The van der Waals surface area contributed by atoms with Gasteiger partial charge in [0.15, 0.2) is 34.3 Å². The molecule has 4 aromatic heterocycles. The summed E-state index contributed by atoms with van der Waals surface area (Å²) in [7, 11) is 10.2. The Bertz CT molecular complexity index is 5180. The molecule has 39 nitrogen and oxygen atoms in total. The molecule has 7 N–H and O–H groups in total. The summed E-state index contributed by atoms with van der Waals surface area (Å²) in [6.07, 6.45) is 6.63. The Labute approximate surface area is 772 Å². The molecule has 4 saturated heterocycles. The SMILES string of the molecule is C.CC(C)(C)OC(=O)NC1COCC[C@H]1N.CN1C(=O)c2c(O)c(=O)c(C(=O)NCc3c(F)cc(F)cc3F)cn2[C@@H]2CCOC[C@@H]21.COC(=O)c1cn2c(c(OC)c1=O)C(=O)N[C@H]1COCC[C@H]12.COC(=O)c1occ(C(=O)OC)c(=O)c1OC.COc1c2n(cc(C(=O)NCc3c(F)cc(F)cc3F)c1=O)[C@@H]1CCOC[C@@H]1N(C)C2=O.O=CO[O-].[Br-].[Br-].[Mg+2].[Na+]. The number of aromatic hydroxyl groups is 1. The van der Waals surface area contributed by atoms with E-state index in [1.54, 1.807) is 16.2 Å². The van der Waals surface area contributed by atoms with E-state index in [2.05, 4.69) is 40.4 Å². The summed E-state index contributed by atoms with van der Waals surface area (Å²) in [4.78, 5) is 173. The number of carbonyl (C=O) groups is 10. The summed E-state index contributed by atoms with van der Waals surface area (Å²) in [6, 6.07) is 0.193. The van der Waals surface area contributed by atoms with Crippen LogP contribution in [0, 0.1) is 34.9 Å². The van der Waals surface area contributed by atoms with Crippen LogP contribution in [0.25, 0.3) is 0 Å². The van der Waals surface area contributed by atoms with Gasteiger partial charge >= 0.3 is 76.6 Å². The average molecular weight is 1940 g/mol. The normalized spacial score (nSPS) is 18.8. The van der Waals surface area contributed by atoms with E-state index in [9.17, 15) is 93.8 Å². The van der Waals surface area contributed by atoms with Gasteiger partial charge in [0.25, 0.3) is 41.8 Å². The fraction of sp³-hybridized carbons (Fsp3) is 0.455. The zero-order chi connectivity index (χ0) is 89.3. The number of pyridine rings is 3. The van der Waals surface area contributed by atoms with Gasteiger partial charge in [-0.2, -0.15) is 0 Å². The van der Waals surface area contributed by atoms with Gasteiger partial charge in [0.2, 0.25) is 27.5 Å². The van der Waals surface area contributed by atoms with Crippen molar-refractivity contribution in [1.29, 1.82) is 0 Å². The molecule has 7 aliphatic rings. The molecule has 13 rings (SSSR count). The monoisotopic (exact) mass is 1940 g/mol. The number of ether oxygens (including phenoxy) is 11. The summed E-state index contributed by atoms with van der Waals surface area (Å²) >= 11 is 0. The van der Waals surface area contributed by atoms with Crippen molar-refractivity contribution in [2.75, 3.05) is 110 Å². The third-order valence-corrected chi connectivity index (χ3v) is 19.6. The number of nitrogens with one attached hydrogen (secondary N) is 4. The Balaban J connectivity index is 0.000000409. The molecule has 6 aromatic rings. The van der Waals surface area contributed by atoms with Crippen LogP contribution in [-0.2, 0) is 60.7 Å². The number of halogens is 8. The van der Waals surface area contributed by atoms with Crippen molar-refractivity contribution in [2.24, 2.45) is 5.73 Å². The second-order valence-corrected chi connectivity index (χ2v) is 28.0. The van der Waals surface area contributed by atoms with Crippen molar-refractivity contribution in [3.63, 3.8) is 0 Å². The van der Waals surface area contributed by atoms with E-state index in [1.165, 1.54) is 62.2 Å². The van der Waals surface area contributed by atoms with Gasteiger partial charge in [0.1, 0.15) is 69.0 Å². The van der Waals surface area contributed by atoms with E-state index in [-0.39, 0.29) is 201 Å². The number of methoxy groups -OCH3 is 6. The second-order valence-electron chi connectivity index (χ2n) is 28.0. The number of fused-ring (bicyclic) bond motifs is 9. The third kappa shape index (κ3) is 25.5. The zero-order valence-corrected chi connectivity index (χ0v) is 75.7. The number of esters is 3. The van der Waals surface area contributed by atoms with E-state index in [4.69, 9.17) is 58.1 Å². The fourth-order valence-electron chi connectivity index (χ4n) is 13.6. The van der Waals surface area contributed by atoms with Crippen LogP contribution in [0.3, 0.4) is 0 Å². The molecule has 0 spiro atoms. The molecule has 126 heavy (non-hydrogen) atoms. The first-order valence-corrected chi connectivity index (χ1v) is 36.4. The van der Waals surface area contributed by atoms with Gasteiger partial charge < -0.3 is 156 Å². The maximum atomic E-state index is 13.9. The van der Waals surface area contributed by atoms with E-state index in [1.807, 2.05) is 20.8 Å². The van der Waals surface area contributed by atoms with Crippen molar-refractivity contribution in [2.45, 2.75) is 121 Å². The number of alkyl carbamates (subject to hydrolysis) is 1. The predicted octanol–water partition coefficient (Wildman–Crippen LogP) is -6.80. The van der Waals surface area contributed by atoms with E-state index >= 15 is 0 Å². The van der Waals surface area contributed by atoms with Crippen molar-refractivity contribution in [1.82, 2.24) is 44.8 Å². The van der Waals surface area contributed by atoms with Crippen molar-refractivity contribution < 1.29 is 210 Å². The van der Waals surface area contributed by atoms with Gasteiger partial charge in [0, 0.05) is 114 Å². The molecular formula is C77H89Br2F6MgN10NaO29. The number of carbonyl (C=O) groups excluding carboxylic acids is 10. The average Bonchev–Trinajstić information content (AvgIpc) is 0.750. The van der Waals surface area contributed by atoms with Gasteiger partial charge in [-0.15, -0.1) is 0 Å². The van der Waals surface area contributed by atoms with Crippen LogP contribution in [0.5, 0.6) is 23.0 Å². The maximum Gasteiger partial charge on any atom is 2.00 e. The van der Waals surface area contributed by atoms with Crippen LogP contribution < -0.4 is 132 Å². The minimum atomic E-state index is -1.19. The molecule has 8 atom stereocenters. The number of likely N-dealkylation sites (N-methyl/N-ethyl adjacent to an activating group) is 2. The van der Waals surface area contributed by atoms with Crippen LogP contribution in [0.15, 0.2) is 72.7 Å². The molecule has 7 aliphatic heterocycles. The fourth-order valence-corrected chi connectivity index (χ4v) is 13.6. The molecule has 4 fully saturated rings. The Morgan fingerprint density at radius 1 is 0.563 bits per heavy atom. The number of hydrogen-bond acceptors (Lipinski definition) is 30. The van der Waals surface area contributed by atoms with Gasteiger partial charge in [-0.25, -0.2) is 45.5 Å². The van der Waals surface area contributed by atoms with Gasteiger partial charge in [0.05, 0.1) is 111 Å². The number of hydrogen-bond donors (Lipinski definition) is 6. The first-order valence-electron chi connectivity index (χ1n) is 36.4. The van der Waals surface area contributed by atoms with Crippen LogP contribution in [-0.4, -0.2) is 257 Å². The Morgan fingerprint density at radius 2 is 0.952 bits per heavy atom. The van der Waals surface area contributed by atoms with E-state index in [0.29, 0.717) is 89.8 Å². The molecule has 6 amide bonds. The summed E-state index contributed by atoms with van der Waals surface area (Å²) < 4.78 is 146. The van der Waals surface area contributed by atoms with Crippen LogP contribution >= 0.6 is 0 Å². The largest absolute Gasteiger partial charge is 2.00 e. The molecular weight excluding hydrogens is 1850 g/mol. The summed E-state index contributed by atoms with van der Waals surface area (Å²) in [5, 5.41) is 28.8. The predicted molar refractivity (Wildman–Crippen MR) is 410 cm³/mol. The van der Waals surface area contributed by atoms with Crippen molar-refractivity contribution in [3.8, 4) is 23.0 Å². The van der Waals surface area contributed by atoms with E-state index < -0.39 is 163 Å². The molecule has 680 valence electrons. The Morgan fingerprint density at radius 3 is 1.40 bits per heavy atom. The van der Waals surface area contributed by atoms with Crippen LogP contribution in [0.1, 0.15) is 167 Å². The zero-order valence-electron chi connectivity index (χ0n) is 69.1. The summed E-state index contributed by atoms with van der Waals surface area (Å²) in [5.41, 5.74) is -0.586. The molecule has 0 saturated carbocycles. The molecule has 11 heterocycles. The molecule has 0 radical (unpaired) electrons. The number of amides is 6. The second kappa shape index (κ2) is 49.4. The quantitative estimate of drug-likeness (QED) is 0.0112. The first kappa shape index (κ1) is 110. The minimum absolute atomic E-state index is 0. The topological polar surface area (TPSA) is 502 Å². The van der Waals surface area contributed by atoms with E-state index in [0.717, 1.165) is 33.1 Å². The molecule has 0 bridgehead atoms. The summed E-state index contributed by atoms with van der Waals surface area (Å²) in [5.74, 6) is -15.0. The first-order chi connectivity index (χ1) is 57.4. The smallest absolute Gasteiger partial charge is 1.00 e. The number of aromatic nitrogens is 3.